The molecule has 3 heteroatoms. The SMILES string of the molecule is CC(C)(C)OC(=O)C1C2CCCCC1(O)CC2. The van der Waals surface area contributed by atoms with Crippen LogP contribution in [0.2, 0.25) is 0 Å². The van der Waals surface area contributed by atoms with E-state index in [-0.39, 0.29) is 11.9 Å². The van der Waals surface area contributed by atoms with Crippen molar-refractivity contribution >= 4 is 5.97 Å². The Morgan fingerprint density at radius 3 is 2.59 bits per heavy atom. The van der Waals surface area contributed by atoms with Gasteiger partial charge in [0.1, 0.15) is 5.60 Å². The van der Waals surface area contributed by atoms with E-state index in [9.17, 15) is 9.90 Å². The van der Waals surface area contributed by atoms with Crippen molar-refractivity contribution < 1.29 is 14.6 Å². The molecule has 3 nitrogen and oxygen atoms in total. The summed E-state index contributed by atoms with van der Waals surface area (Å²) >= 11 is 0. The van der Waals surface area contributed by atoms with E-state index in [1.54, 1.807) is 0 Å². The van der Waals surface area contributed by atoms with Gasteiger partial charge in [0.15, 0.2) is 0 Å². The van der Waals surface area contributed by atoms with Gasteiger partial charge in [0.2, 0.25) is 0 Å². The largest absolute Gasteiger partial charge is 0.460 e. The number of rotatable bonds is 1. The van der Waals surface area contributed by atoms with Gasteiger partial charge in [0.25, 0.3) is 0 Å². The van der Waals surface area contributed by atoms with Crippen molar-refractivity contribution in [3.8, 4) is 0 Å². The summed E-state index contributed by atoms with van der Waals surface area (Å²) in [6.07, 6.45) is 5.72. The Kier molecular flexibility index (Phi) is 3.23. The Bertz CT molecular complexity index is 303. The average molecular weight is 240 g/mol. The zero-order valence-electron chi connectivity index (χ0n) is 11.2. The molecule has 0 amide bonds. The van der Waals surface area contributed by atoms with Crippen LogP contribution in [0.5, 0.6) is 0 Å². The summed E-state index contributed by atoms with van der Waals surface area (Å²) in [5, 5.41) is 10.6. The standard InChI is InChI=1S/C14H24O3/c1-13(2,3)17-12(15)11-10-6-4-5-8-14(11,16)9-7-10/h10-11,16H,4-9H2,1-3H3. The fraction of sp³-hybridized carbons (Fsp3) is 0.929. The molecule has 3 unspecified atom stereocenters. The van der Waals surface area contributed by atoms with Gasteiger partial charge in [0.05, 0.1) is 11.5 Å². The van der Waals surface area contributed by atoms with E-state index in [0.717, 1.165) is 38.5 Å². The Morgan fingerprint density at radius 2 is 1.94 bits per heavy atom. The maximum atomic E-state index is 12.3. The molecule has 0 radical (unpaired) electrons. The lowest BCUT2D eigenvalue weighted by Crippen LogP contribution is -2.42. The molecule has 2 bridgehead atoms. The van der Waals surface area contributed by atoms with Crippen LogP contribution < -0.4 is 0 Å². The number of carbonyl (C=O) groups excluding carboxylic acids is 1. The van der Waals surface area contributed by atoms with Gasteiger partial charge in [-0.15, -0.1) is 0 Å². The first-order valence-electron chi connectivity index (χ1n) is 6.77. The van der Waals surface area contributed by atoms with Gasteiger partial charge in [0, 0.05) is 0 Å². The molecule has 2 fully saturated rings. The van der Waals surface area contributed by atoms with Gasteiger partial charge in [-0.3, -0.25) is 4.79 Å². The third-order valence-electron chi connectivity index (χ3n) is 4.09. The van der Waals surface area contributed by atoms with Gasteiger partial charge in [-0.05, 0) is 52.4 Å². The highest BCUT2D eigenvalue weighted by Gasteiger charge is 2.53. The number of hydrogen-bond donors (Lipinski definition) is 1. The van der Waals surface area contributed by atoms with Gasteiger partial charge in [-0.1, -0.05) is 12.8 Å². The first-order chi connectivity index (χ1) is 7.82. The molecule has 0 saturated heterocycles. The average Bonchev–Trinajstić information content (AvgIpc) is 2.36. The Morgan fingerprint density at radius 1 is 1.24 bits per heavy atom. The van der Waals surface area contributed by atoms with Crippen molar-refractivity contribution in [1.82, 2.24) is 0 Å². The number of carbonyl (C=O) groups is 1. The molecule has 0 aromatic rings. The molecule has 3 atom stereocenters. The molecular weight excluding hydrogens is 216 g/mol. The van der Waals surface area contributed by atoms with Gasteiger partial charge < -0.3 is 9.84 Å². The summed E-state index contributed by atoms with van der Waals surface area (Å²) in [4.78, 5) is 12.3. The fourth-order valence-corrected chi connectivity index (χ4v) is 3.40. The number of fused-ring (bicyclic) bond motifs is 2. The van der Waals surface area contributed by atoms with Gasteiger partial charge in [-0.25, -0.2) is 0 Å². The molecule has 1 N–H and O–H groups in total. The van der Waals surface area contributed by atoms with Crippen LogP contribution in [0.15, 0.2) is 0 Å². The Hall–Kier alpha value is -0.570. The number of hydrogen-bond acceptors (Lipinski definition) is 3. The van der Waals surface area contributed by atoms with Crippen molar-refractivity contribution in [2.24, 2.45) is 11.8 Å². The normalized spacial score (nSPS) is 37.6. The lowest BCUT2D eigenvalue weighted by molar-refractivity contribution is -0.170. The first-order valence-corrected chi connectivity index (χ1v) is 6.77. The molecule has 2 aliphatic rings. The van der Waals surface area contributed by atoms with Gasteiger partial charge >= 0.3 is 5.97 Å². The van der Waals surface area contributed by atoms with Crippen molar-refractivity contribution in [2.45, 2.75) is 70.5 Å². The molecule has 2 aliphatic carbocycles. The van der Waals surface area contributed by atoms with E-state index in [4.69, 9.17) is 4.74 Å². The zero-order valence-corrected chi connectivity index (χ0v) is 11.2. The maximum Gasteiger partial charge on any atom is 0.312 e. The van der Waals surface area contributed by atoms with E-state index in [1.165, 1.54) is 0 Å². The van der Waals surface area contributed by atoms with Gasteiger partial charge in [-0.2, -0.15) is 0 Å². The number of aliphatic hydroxyl groups is 1. The van der Waals surface area contributed by atoms with Crippen LogP contribution in [0.1, 0.15) is 59.3 Å². The topological polar surface area (TPSA) is 46.5 Å². The van der Waals surface area contributed by atoms with E-state index in [2.05, 4.69) is 0 Å². The monoisotopic (exact) mass is 240 g/mol. The van der Waals surface area contributed by atoms with E-state index < -0.39 is 11.2 Å². The second kappa shape index (κ2) is 4.27. The molecule has 98 valence electrons. The molecule has 17 heavy (non-hydrogen) atoms. The van der Waals surface area contributed by atoms with Crippen LogP contribution in [-0.2, 0) is 9.53 Å². The van der Waals surface area contributed by atoms with Crippen molar-refractivity contribution in [2.75, 3.05) is 0 Å². The quantitative estimate of drug-likeness (QED) is 0.717. The first kappa shape index (κ1) is 12.9. The Balaban J connectivity index is 2.15. The van der Waals surface area contributed by atoms with Crippen LogP contribution in [-0.4, -0.2) is 22.3 Å². The highest BCUT2D eigenvalue weighted by atomic mass is 16.6. The van der Waals surface area contributed by atoms with Crippen molar-refractivity contribution in [1.29, 1.82) is 0 Å². The highest BCUT2D eigenvalue weighted by Crippen LogP contribution is 2.48. The molecule has 0 aromatic carbocycles. The zero-order chi connectivity index (χ0) is 12.7. The highest BCUT2D eigenvalue weighted by molar-refractivity contribution is 5.75. The second-order valence-corrected chi connectivity index (χ2v) is 6.66. The number of esters is 1. The predicted octanol–water partition coefficient (Wildman–Crippen LogP) is 2.66. The van der Waals surface area contributed by atoms with Crippen LogP contribution in [0, 0.1) is 11.8 Å². The minimum Gasteiger partial charge on any atom is -0.460 e. The Labute approximate surface area is 104 Å². The third-order valence-corrected chi connectivity index (χ3v) is 4.09. The molecule has 2 rings (SSSR count). The van der Waals surface area contributed by atoms with Crippen molar-refractivity contribution in [3.63, 3.8) is 0 Å². The maximum absolute atomic E-state index is 12.3. The van der Waals surface area contributed by atoms with Crippen LogP contribution in [0.4, 0.5) is 0 Å². The molecule has 0 heterocycles. The smallest absolute Gasteiger partial charge is 0.312 e. The fourth-order valence-electron chi connectivity index (χ4n) is 3.40. The van der Waals surface area contributed by atoms with Crippen LogP contribution in [0.25, 0.3) is 0 Å². The summed E-state index contributed by atoms with van der Waals surface area (Å²) in [6, 6.07) is 0. The molecule has 2 saturated carbocycles. The summed E-state index contributed by atoms with van der Waals surface area (Å²) in [7, 11) is 0. The molecular formula is C14H24O3. The molecule has 0 aromatic heterocycles. The number of ether oxygens (including phenoxy) is 1. The lowest BCUT2D eigenvalue weighted by atomic mass is 9.84. The minimum atomic E-state index is -0.788. The van der Waals surface area contributed by atoms with Crippen LogP contribution >= 0.6 is 0 Å². The summed E-state index contributed by atoms with van der Waals surface area (Å²) in [6.45, 7) is 5.65. The van der Waals surface area contributed by atoms with Crippen LogP contribution in [0.3, 0.4) is 0 Å². The summed E-state index contributed by atoms with van der Waals surface area (Å²) in [5.74, 6) is -0.147. The lowest BCUT2D eigenvalue weighted by Gasteiger charge is -2.31. The molecule has 0 spiro atoms. The molecule has 0 aliphatic heterocycles. The summed E-state index contributed by atoms with van der Waals surface area (Å²) in [5.41, 5.74) is -1.25. The predicted molar refractivity (Wildman–Crippen MR) is 65.5 cm³/mol. The second-order valence-electron chi connectivity index (χ2n) is 6.66. The minimum absolute atomic E-state index is 0.190. The third kappa shape index (κ3) is 2.65. The van der Waals surface area contributed by atoms with E-state index in [1.807, 2.05) is 20.8 Å². The van der Waals surface area contributed by atoms with Crippen molar-refractivity contribution in [3.05, 3.63) is 0 Å². The van der Waals surface area contributed by atoms with E-state index in [0.29, 0.717) is 5.92 Å². The van der Waals surface area contributed by atoms with E-state index >= 15 is 0 Å². The summed E-state index contributed by atoms with van der Waals surface area (Å²) < 4.78 is 5.48.